The number of aliphatic hydroxyl groups is 2. The number of halogens is 2. The molecular formula is C30H35F2N3O4. The standard InChI is InChI=1S/C30H35F2N3O4/c1-27-10-8-17(37)12-20(27)21(31)13-19-18-9-11-29(25(39)15-36,28(18,2)14-24(38)30(19,27)32)16-35(3)26-33-22-6-4-5-7-23(22)34-26/h4-8,10,12,18-19,21,24,36,38H,9,11,13-16H2,1-3H3,(H,33,34)/t18?,19-,21-,24-,27-,28-,29-,30-/m0/s1. The minimum atomic E-state index is -2.20. The molecule has 1 aromatic carbocycles. The second-order valence-corrected chi connectivity index (χ2v) is 12.5. The van der Waals surface area contributed by atoms with Gasteiger partial charge in [0.05, 0.1) is 22.6 Å². The molecule has 1 aromatic heterocycles. The van der Waals surface area contributed by atoms with Gasteiger partial charge in [0.15, 0.2) is 17.2 Å². The number of nitrogens with one attached hydrogen (secondary N) is 1. The van der Waals surface area contributed by atoms with E-state index in [4.69, 9.17) is 0 Å². The van der Waals surface area contributed by atoms with Gasteiger partial charge in [0.2, 0.25) is 5.95 Å². The number of benzene rings is 1. The van der Waals surface area contributed by atoms with E-state index in [-0.39, 0.29) is 36.5 Å². The van der Waals surface area contributed by atoms with E-state index in [2.05, 4.69) is 9.97 Å². The smallest absolute Gasteiger partial charge is 0.203 e. The number of aromatic amines is 1. The summed E-state index contributed by atoms with van der Waals surface area (Å²) in [5.74, 6) is -1.47. The number of fused-ring (bicyclic) bond motifs is 6. The number of hydrogen-bond acceptors (Lipinski definition) is 6. The normalized spacial score (nSPS) is 41.1. The summed E-state index contributed by atoms with van der Waals surface area (Å²) < 4.78 is 33.1. The van der Waals surface area contributed by atoms with Gasteiger partial charge in [-0.15, -0.1) is 0 Å². The summed E-state index contributed by atoms with van der Waals surface area (Å²) in [5, 5.41) is 21.8. The number of nitrogens with zero attached hydrogens (tertiary/aromatic N) is 2. The SMILES string of the molecule is CN(C[C@]1(C(=O)CO)CCC2[C@@H]3C[C@H](F)C4=CC(=O)C=C[C@]4(C)[C@@]3(F)[C@@H](O)C[C@@]21C)c1nc2ccccc2[nH]1. The molecule has 208 valence electrons. The van der Waals surface area contributed by atoms with Crippen LogP contribution in [0.4, 0.5) is 14.7 Å². The summed E-state index contributed by atoms with van der Waals surface area (Å²) in [5.41, 5.74) is -3.98. The number of rotatable bonds is 5. The second-order valence-electron chi connectivity index (χ2n) is 12.5. The maximum absolute atomic E-state index is 17.4. The highest BCUT2D eigenvalue weighted by Crippen LogP contribution is 2.72. The van der Waals surface area contributed by atoms with Gasteiger partial charge in [0.1, 0.15) is 12.8 Å². The highest BCUT2D eigenvalue weighted by atomic mass is 19.1. The summed E-state index contributed by atoms with van der Waals surface area (Å²) >= 11 is 0. The molecule has 3 fully saturated rings. The van der Waals surface area contributed by atoms with Crippen molar-refractivity contribution >= 4 is 28.5 Å². The molecule has 3 saturated carbocycles. The van der Waals surface area contributed by atoms with Gasteiger partial charge in [-0.25, -0.2) is 13.8 Å². The first-order valence-electron chi connectivity index (χ1n) is 13.7. The van der Waals surface area contributed by atoms with Crippen LogP contribution < -0.4 is 4.90 Å². The first-order valence-corrected chi connectivity index (χ1v) is 13.7. The zero-order valence-corrected chi connectivity index (χ0v) is 22.5. The molecule has 0 saturated heterocycles. The third kappa shape index (κ3) is 3.29. The lowest BCUT2D eigenvalue weighted by atomic mass is 9.43. The number of ketones is 2. The van der Waals surface area contributed by atoms with Crippen molar-refractivity contribution in [1.82, 2.24) is 9.97 Å². The number of carbonyl (C=O) groups is 2. The summed E-state index contributed by atoms with van der Waals surface area (Å²) in [7, 11) is 1.82. The van der Waals surface area contributed by atoms with Gasteiger partial charge < -0.3 is 20.1 Å². The maximum Gasteiger partial charge on any atom is 0.203 e. The van der Waals surface area contributed by atoms with Crippen LogP contribution in [0.1, 0.15) is 39.5 Å². The molecule has 1 unspecified atom stereocenters. The van der Waals surface area contributed by atoms with Crippen molar-refractivity contribution in [2.24, 2.45) is 28.1 Å². The summed E-state index contributed by atoms with van der Waals surface area (Å²) in [6.45, 7) is 2.99. The predicted molar refractivity (Wildman–Crippen MR) is 143 cm³/mol. The van der Waals surface area contributed by atoms with E-state index in [1.54, 1.807) is 6.92 Å². The Morgan fingerprint density at radius 1 is 1.26 bits per heavy atom. The zero-order valence-electron chi connectivity index (χ0n) is 22.5. The van der Waals surface area contributed by atoms with Crippen molar-refractivity contribution in [2.45, 2.75) is 57.5 Å². The van der Waals surface area contributed by atoms with Gasteiger partial charge in [0.25, 0.3) is 0 Å². The van der Waals surface area contributed by atoms with Gasteiger partial charge >= 0.3 is 0 Å². The molecule has 0 aliphatic heterocycles. The number of hydrogen-bond donors (Lipinski definition) is 3. The van der Waals surface area contributed by atoms with E-state index in [0.29, 0.717) is 18.8 Å². The van der Waals surface area contributed by atoms with E-state index in [1.165, 1.54) is 18.2 Å². The molecule has 8 atom stereocenters. The summed E-state index contributed by atoms with van der Waals surface area (Å²) in [4.78, 5) is 35.5. The number of allylic oxidation sites excluding steroid dienone is 4. The third-order valence-electron chi connectivity index (χ3n) is 10.9. The number of aromatic nitrogens is 2. The molecule has 39 heavy (non-hydrogen) atoms. The van der Waals surface area contributed by atoms with E-state index >= 15 is 8.78 Å². The molecule has 4 aliphatic rings. The van der Waals surface area contributed by atoms with Gasteiger partial charge in [-0.05, 0) is 73.8 Å². The van der Waals surface area contributed by atoms with Crippen LogP contribution in [0.3, 0.4) is 0 Å². The lowest BCUT2D eigenvalue weighted by molar-refractivity contribution is -0.210. The largest absolute Gasteiger partial charge is 0.390 e. The Bertz CT molecular complexity index is 1390. The topological polar surface area (TPSA) is 107 Å². The quantitative estimate of drug-likeness (QED) is 0.533. The third-order valence-corrected chi connectivity index (χ3v) is 10.9. The van der Waals surface area contributed by atoms with E-state index < -0.39 is 52.6 Å². The van der Waals surface area contributed by atoms with Crippen LogP contribution in [0.2, 0.25) is 0 Å². The van der Waals surface area contributed by atoms with Crippen LogP contribution in [-0.2, 0) is 9.59 Å². The average molecular weight is 540 g/mol. The van der Waals surface area contributed by atoms with Crippen molar-refractivity contribution in [1.29, 1.82) is 0 Å². The van der Waals surface area contributed by atoms with Crippen LogP contribution in [0.15, 0.2) is 48.1 Å². The van der Waals surface area contributed by atoms with E-state index in [1.807, 2.05) is 43.1 Å². The van der Waals surface area contributed by atoms with Crippen LogP contribution in [0, 0.1) is 28.1 Å². The summed E-state index contributed by atoms with van der Waals surface area (Å²) in [6, 6.07) is 7.58. The zero-order chi connectivity index (χ0) is 28.0. The molecule has 7 nitrogen and oxygen atoms in total. The average Bonchev–Trinajstić information content (AvgIpc) is 3.46. The number of aliphatic hydroxyl groups excluding tert-OH is 2. The van der Waals surface area contributed by atoms with Crippen LogP contribution in [0.5, 0.6) is 0 Å². The fourth-order valence-electron chi connectivity index (χ4n) is 8.88. The van der Waals surface area contributed by atoms with Crippen LogP contribution in [0.25, 0.3) is 11.0 Å². The molecule has 2 aromatic rings. The maximum atomic E-state index is 17.4. The lowest BCUT2D eigenvalue weighted by Gasteiger charge is -2.63. The number of Topliss-reactive ketones (excluding diaryl/α,β-unsaturated/α-hetero) is 1. The number of imidazole rings is 1. The molecule has 9 heteroatoms. The Labute approximate surface area is 226 Å². The second kappa shape index (κ2) is 8.54. The molecule has 3 N–H and O–H groups in total. The highest BCUT2D eigenvalue weighted by molar-refractivity contribution is 6.01. The fourth-order valence-corrected chi connectivity index (χ4v) is 8.88. The Kier molecular flexibility index (Phi) is 5.77. The number of alkyl halides is 2. The highest BCUT2D eigenvalue weighted by Gasteiger charge is 2.75. The van der Waals surface area contributed by atoms with Crippen molar-refractivity contribution in [2.75, 3.05) is 25.1 Å². The van der Waals surface area contributed by atoms with E-state index in [0.717, 1.165) is 11.0 Å². The monoisotopic (exact) mass is 539 g/mol. The van der Waals surface area contributed by atoms with Gasteiger partial charge in [0, 0.05) is 24.9 Å². The molecule has 0 spiro atoms. The molecule has 0 bridgehead atoms. The Morgan fingerprint density at radius 2 is 2.00 bits per heavy atom. The summed E-state index contributed by atoms with van der Waals surface area (Å²) in [6.07, 6.45) is 1.48. The van der Waals surface area contributed by atoms with Gasteiger partial charge in [-0.1, -0.05) is 25.1 Å². The van der Waals surface area contributed by atoms with Crippen LogP contribution in [-0.4, -0.2) is 69.9 Å². The number of carbonyl (C=O) groups excluding carboxylic acids is 2. The number of para-hydroxylation sites is 2. The molecule has 6 rings (SSSR count). The Morgan fingerprint density at radius 3 is 2.72 bits per heavy atom. The van der Waals surface area contributed by atoms with Crippen molar-refractivity contribution < 1.29 is 28.6 Å². The predicted octanol–water partition coefficient (Wildman–Crippen LogP) is 3.87. The van der Waals surface area contributed by atoms with Gasteiger partial charge in [-0.2, -0.15) is 0 Å². The van der Waals surface area contributed by atoms with Gasteiger partial charge in [-0.3, -0.25) is 9.59 Å². The Hall–Kier alpha value is -2.91. The van der Waals surface area contributed by atoms with Crippen molar-refractivity contribution in [3.63, 3.8) is 0 Å². The minimum absolute atomic E-state index is 0.0218. The van der Waals surface area contributed by atoms with Crippen LogP contribution >= 0.6 is 0 Å². The molecular weight excluding hydrogens is 504 g/mol. The van der Waals surface area contributed by atoms with Crippen molar-refractivity contribution in [3.05, 3.63) is 48.1 Å². The Balaban J connectivity index is 1.41. The first-order chi connectivity index (χ1) is 18.4. The number of H-pyrrole nitrogens is 1. The lowest BCUT2D eigenvalue weighted by Crippen LogP contribution is -2.70. The fraction of sp³-hybridized carbons (Fsp3) is 0.567. The molecule has 0 radical (unpaired) electrons. The minimum Gasteiger partial charge on any atom is -0.390 e. The molecule has 4 aliphatic carbocycles. The first kappa shape index (κ1) is 26.3. The van der Waals surface area contributed by atoms with E-state index in [9.17, 15) is 19.8 Å². The van der Waals surface area contributed by atoms with Crippen molar-refractivity contribution in [3.8, 4) is 0 Å². The molecule has 0 amide bonds. The number of anilines is 1. The molecule has 1 heterocycles.